The monoisotopic (exact) mass is 462 g/mol. The Morgan fingerprint density at radius 2 is 1.94 bits per heavy atom. The van der Waals surface area contributed by atoms with Gasteiger partial charge in [-0.3, -0.25) is 9.59 Å². The predicted octanol–water partition coefficient (Wildman–Crippen LogP) is 4.35. The Balaban J connectivity index is 1.75. The molecule has 1 atom stereocenters. The fourth-order valence-corrected chi connectivity index (χ4v) is 6.10. The number of esters is 1. The molecule has 1 N–H and O–H groups in total. The first-order valence-corrected chi connectivity index (χ1v) is 15.4. The second-order valence-corrected chi connectivity index (χ2v) is 16.2. The normalized spacial score (nSPS) is 19.6. The van der Waals surface area contributed by atoms with Crippen molar-refractivity contribution in [2.45, 2.75) is 70.6 Å². The van der Waals surface area contributed by atoms with Crippen LogP contribution in [0.3, 0.4) is 0 Å². The van der Waals surface area contributed by atoms with Crippen molar-refractivity contribution in [2.24, 2.45) is 0 Å². The molecule has 0 saturated carbocycles. The summed E-state index contributed by atoms with van der Waals surface area (Å²) in [6, 6.07) is 11.2. The molecule has 5 rings (SSSR count). The molecule has 1 aromatic carbocycles. The van der Waals surface area contributed by atoms with Crippen molar-refractivity contribution in [1.82, 2.24) is 9.55 Å². The SMILES string of the molecule is CCC1(O)CC(=O)OCc2c1cc1n(c2=O)Cc2c-1nc1ccccc1c2CC[Si](C)(C)C. The van der Waals surface area contributed by atoms with Crippen LogP contribution in [-0.4, -0.2) is 28.7 Å². The predicted molar refractivity (Wildman–Crippen MR) is 131 cm³/mol. The smallest absolute Gasteiger partial charge is 0.309 e. The molecule has 172 valence electrons. The van der Waals surface area contributed by atoms with Crippen LogP contribution in [0.4, 0.5) is 0 Å². The number of rotatable bonds is 4. The van der Waals surface area contributed by atoms with Crippen LogP contribution in [0, 0.1) is 0 Å². The van der Waals surface area contributed by atoms with Gasteiger partial charge in [0.15, 0.2) is 0 Å². The molecule has 2 aliphatic heterocycles. The van der Waals surface area contributed by atoms with Crippen LogP contribution in [0.2, 0.25) is 25.7 Å². The molecule has 2 aromatic heterocycles. The van der Waals surface area contributed by atoms with E-state index in [1.807, 2.05) is 31.2 Å². The van der Waals surface area contributed by atoms with E-state index in [2.05, 4.69) is 25.7 Å². The van der Waals surface area contributed by atoms with Crippen molar-refractivity contribution >= 4 is 24.9 Å². The summed E-state index contributed by atoms with van der Waals surface area (Å²) in [5, 5.41) is 12.5. The number of aromatic nitrogens is 2. The van der Waals surface area contributed by atoms with Crippen LogP contribution in [0.15, 0.2) is 35.1 Å². The Morgan fingerprint density at radius 1 is 1.18 bits per heavy atom. The average molecular weight is 463 g/mol. The summed E-state index contributed by atoms with van der Waals surface area (Å²) >= 11 is 0. The standard InChI is InChI=1S/C26H30N2O4Si/c1-5-26(31)13-23(29)32-15-19-20(26)12-22-24-18(14-28(22)25(19)30)16(10-11-33(2,3)4)17-8-6-7-9-21(17)27-24/h6-9,12,31H,5,10-11,13-15H2,1-4H3. The number of aliphatic hydroxyl groups is 1. The van der Waals surface area contributed by atoms with Gasteiger partial charge in [0, 0.05) is 19.0 Å². The maximum Gasteiger partial charge on any atom is 0.309 e. The average Bonchev–Trinajstić information content (AvgIpc) is 3.07. The van der Waals surface area contributed by atoms with E-state index < -0.39 is 19.6 Å². The number of ether oxygens (including phenoxy) is 1. The van der Waals surface area contributed by atoms with E-state index >= 15 is 0 Å². The number of cyclic esters (lactones) is 1. The Kier molecular flexibility index (Phi) is 5.10. The number of carbonyl (C=O) groups is 1. The number of hydrogen-bond acceptors (Lipinski definition) is 5. The van der Waals surface area contributed by atoms with Gasteiger partial charge in [-0.15, -0.1) is 0 Å². The Bertz CT molecular complexity index is 1360. The van der Waals surface area contributed by atoms with E-state index in [0.717, 1.165) is 40.3 Å². The van der Waals surface area contributed by atoms with Crippen LogP contribution >= 0.6 is 0 Å². The first kappa shape index (κ1) is 22.0. The molecule has 0 fully saturated rings. The Hall–Kier alpha value is -2.77. The quantitative estimate of drug-likeness (QED) is 0.360. The molecule has 0 spiro atoms. The zero-order valence-corrected chi connectivity index (χ0v) is 20.7. The van der Waals surface area contributed by atoms with Gasteiger partial charge in [-0.1, -0.05) is 50.8 Å². The third-order valence-electron chi connectivity index (χ3n) is 7.10. The van der Waals surface area contributed by atoms with Crippen molar-refractivity contribution in [3.8, 4) is 11.4 Å². The number of benzene rings is 1. The zero-order chi connectivity index (χ0) is 23.5. The molecule has 1 unspecified atom stereocenters. The number of pyridine rings is 2. The van der Waals surface area contributed by atoms with Crippen molar-refractivity contribution < 1.29 is 14.6 Å². The van der Waals surface area contributed by atoms with Crippen molar-refractivity contribution in [3.05, 3.63) is 62.9 Å². The summed E-state index contributed by atoms with van der Waals surface area (Å²) in [5.41, 5.74) is 4.06. The van der Waals surface area contributed by atoms with Gasteiger partial charge in [-0.05, 0) is 36.1 Å². The van der Waals surface area contributed by atoms with Gasteiger partial charge in [0.1, 0.15) is 12.2 Å². The number of carbonyl (C=O) groups excluding carboxylic acids is 1. The van der Waals surface area contributed by atoms with Crippen LogP contribution in [-0.2, 0) is 34.7 Å². The maximum atomic E-state index is 13.6. The summed E-state index contributed by atoms with van der Waals surface area (Å²) in [6.45, 7) is 9.29. The van der Waals surface area contributed by atoms with Gasteiger partial charge in [0.2, 0.25) is 0 Å². The molecule has 6 nitrogen and oxygen atoms in total. The Labute approximate surface area is 194 Å². The molecule has 33 heavy (non-hydrogen) atoms. The summed E-state index contributed by atoms with van der Waals surface area (Å²) in [7, 11) is -1.28. The van der Waals surface area contributed by atoms with Gasteiger partial charge >= 0.3 is 5.97 Å². The van der Waals surface area contributed by atoms with E-state index in [-0.39, 0.29) is 18.6 Å². The summed E-state index contributed by atoms with van der Waals surface area (Å²) in [6.07, 6.45) is 1.12. The Morgan fingerprint density at radius 3 is 2.67 bits per heavy atom. The summed E-state index contributed by atoms with van der Waals surface area (Å²) < 4.78 is 7.02. The number of fused-ring (bicyclic) bond motifs is 5. The molecule has 2 aliphatic rings. The van der Waals surface area contributed by atoms with Crippen LogP contribution in [0.25, 0.3) is 22.3 Å². The van der Waals surface area contributed by atoms with E-state index in [4.69, 9.17) is 9.72 Å². The maximum absolute atomic E-state index is 13.6. The minimum atomic E-state index is -1.42. The van der Waals surface area contributed by atoms with Crippen molar-refractivity contribution in [1.29, 1.82) is 0 Å². The second kappa shape index (κ2) is 7.63. The first-order valence-electron chi connectivity index (χ1n) is 11.7. The summed E-state index contributed by atoms with van der Waals surface area (Å²) in [4.78, 5) is 30.7. The van der Waals surface area contributed by atoms with Gasteiger partial charge < -0.3 is 14.4 Å². The fourth-order valence-electron chi connectivity index (χ4n) is 5.10. The minimum absolute atomic E-state index is 0.107. The highest BCUT2D eigenvalue weighted by Gasteiger charge is 2.39. The van der Waals surface area contributed by atoms with Crippen molar-refractivity contribution in [3.63, 3.8) is 0 Å². The van der Waals surface area contributed by atoms with Gasteiger partial charge in [-0.2, -0.15) is 0 Å². The van der Waals surface area contributed by atoms with Crippen LogP contribution < -0.4 is 5.56 Å². The van der Waals surface area contributed by atoms with Crippen LogP contribution in [0.5, 0.6) is 0 Å². The third kappa shape index (κ3) is 3.63. The lowest BCUT2D eigenvalue weighted by Gasteiger charge is -2.26. The lowest BCUT2D eigenvalue weighted by molar-refractivity contribution is -0.149. The molecular formula is C26H30N2O4Si. The van der Waals surface area contributed by atoms with E-state index in [9.17, 15) is 14.7 Å². The molecule has 0 bridgehead atoms. The lowest BCUT2D eigenvalue weighted by atomic mass is 9.85. The van der Waals surface area contributed by atoms with E-state index in [1.165, 1.54) is 5.56 Å². The largest absolute Gasteiger partial charge is 0.460 e. The topological polar surface area (TPSA) is 81.4 Å². The highest BCUT2D eigenvalue weighted by Crippen LogP contribution is 2.40. The third-order valence-corrected chi connectivity index (χ3v) is 8.85. The molecule has 0 amide bonds. The molecule has 3 aromatic rings. The van der Waals surface area contributed by atoms with Gasteiger partial charge in [-0.25, -0.2) is 4.98 Å². The number of para-hydroxylation sites is 1. The van der Waals surface area contributed by atoms with Gasteiger partial charge in [0.05, 0.1) is 35.4 Å². The molecular weight excluding hydrogens is 432 g/mol. The zero-order valence-electron chi connectivity index (χ0n) is 19.7. The molecule has 7 heteroatoms. The fraction of sp³-hybridized carbons (Fsp3) is 0.423. The molecule has 0 radical (unpaired) electrons. The number of aryl methyl sites for hydroxylation is 1. The van der Waals surface area contributed by atoms with E-state index in [0.29, 0.717) is 24.1 Å². The highest BCUT2D eigenvalue weighted by atomic mass is 28.3. The molecule has 0 aliphatic carbocycles. The molecule has 0 saturated heterocycles. The molecule has 4 heterocycles. The first-order chi connectivity index (χ1) is 15.6. The number of hydrogen-bond donors (Lipinski definition) is 1. The highest BCUT2D eigenvalue weighted by molar-refractivity contribution is 6.76. The van der Waals surface area contributed by atoms with Gasteiger partial charge in [0.25, 0.3) is 5.56 Å². The number of nitrogens with zero attached hydrogens (tertiary/aromatic N) is 2. The second-order valence-electron chi connectivity index (χ2n) is 10.5. The minimum Gasteiger partial charge on any atom is -0.460 e. The van der Waals surface area contributed by atoms with Crippen molar-refractivity contribution in [2.75, 3.05) is 0 Å². The summed E-state index contributed by atoms with van der Waals surface area (Å²) in [5.74, 6) is -0.488. The lowest BCUT2D eigenvalue weighted by Crippen LogP contribution is -2.32. The van der Waals surface area contributed by atoms with Crippen LogP contribution in [0.1, 0.15) is 42.0 Å². The van der Waals surface area contributed by atoms with E-state index in [1.54, 1.807) is 4.57 Å².